The summed E-state index contributed by atoms with van der Waals surface area (Å²) >= 11 is 1.85. The minimum atomic E-state index is 0.979. The Morgan fingerprint density at radius 3 is 2.05 bits per heavy atom. The largest absolute Gasteiger partial charge is 0.256 e. The molecule has 2 heteroatoms. The van der Waals surface area contributed by atoms with Gasteiger partial charge in [0.1, 0.15) is 0 Å². The lowest BCUT2D eigenvalue weighted by Gasteiger charge is -2.02. The zero-order valence-electron chi connectivity index (χ0n) is 12.2. The Balaban J connectivity index is 1.59. The van der Waals surface area contributed by atoms with Crippen LogP contribution in [0.15, 0.2) is 94.8 Å². The number of hydrogen-bond acceptors (Lipinski definition) is 2. The first-order valence-electron chi connectivity index (χ1n) is 7.26. The third-order valence-corrected chi connectivity index (χ3v) is 4.33. The normalized spacial score (nSPS) is 10.9. The maximum Gasteiger partial charge on any atom is 0.0630 e. The molecule has 3 rings (SSSR count). The fourth-order valence-electron chi connectivity index (χ4n) is 2.05. The van der Waals surface area contributed by atoms with Crippen molar-refractivity contribution in [3.8, 4) is 0 Å². The molecule has 0 heterocycles. The van der Waals surface area contributed by atoms with Crippen LogP contribution in [-0.4, -0.2) is 6.21 Å². The van der Waals surface area contributed by atoms with Gasteiger partial charge in [-0.1, -0.05) is 60.7 Å². The first kappa shape index (κ1) is 14.6. The molecule has 0 saturated heterocycles. The highest BCUT2D eigenvalue weighted by atomic mass is 32.2. The van der Waals surface area contributed by atoms with Gasteiger partial charge in [0.15, 0.2) is 0 Å². The molecular formula is C20H17NS. The van der Waals surface area contributed by atoms with Crippen molar-refractivity contribution < 1.29 is 0 Å². The monoisotopic (exact) mass is 303 g/mol. The van der Waals surface area contributed by atoms with Crippen molar-refractivity contribution in [1.82, 2.24) is 0 Å². The van der Waals surface area contributed by atoms with Gasteiger partial charge < -0.3 is 0 Å². The second-order valence-corrected chi connectivity index (χ2v) is 5.99. The molecule has 0 aliphatic heterocycles. The Morgan fingerprint density at radius 1 is 0.727 bits per heavy atom. The minimum Gasteiger partial charge on any atom is -0.256 e. The quantitative estimate of drug-likeness (QED) is 0.433. The number of benzene rings is 3. The highest BCUT2D eigenvalue weighted by Gasteiger charge is 1.96. The molecule has 3 aromatic rings. The lowest BCUT2D eigenvalue weighted by atomic mass is 10.2. The highest BCUT2D eigenvalue weighted by molar-refractivity contribution is 7.98. The van der Waals surface area contributed by atoms with Gasteiger partial charge in [-0.15, -0.1) is 11.8 Å². The van der Waals surface area contributed by atoms with E-state index in [1.54, 1.807) is 0 Å². The maximum absolute atomic E-state index is 4.50. The second-order valence-electron chi connectivity index (χ2n) is 4.94. The van der Waals surface area contributed by atoms with Gasteiger partial charge in [0.05, 0.1) is 5.69 Å². The summed E-state index contributed by atoms with van der Waals surface area (Å²) in [5, 5.41) is 0. The summed E-state index contributed by atoms with van der Waals surface area (Å²) in [7, 11) is 0. The van der Waals surface area contributed by atoms with Crippen LogP contribution in [0.1, 0.15) is 11.1 Å². The van der Waals surface area contributed by atoms with Crippen LogP contribution in [0.25, 0.3) is 0 Å². The number of rotatable bonds is 5. The molecule has 108 valence electrons. The predicted molar refractivity (Wildman–Crippen MR) is 96.1 cm³/mol. The summed E-state index contributed by atoms with van der Waals surface area (Å²) in [6.45, 7) is 0. The Kier molecular flexibility index (Phi) is 5.06. The second kappa shape index (κ2) is 7.62. The van der Waals surface area contributed by atoms with Crippen LogP contribution >= 0.6 is 11.8 Å². The van der Waals surface area contributed by atoms with Crippen LogP contribution in [0.3, 0.4) is 0 Å². The molecule has 0 bridgehead atoms. The summed E-state index contributed by atoms with van der Waals surface area (Å²) in [5.74, 6) is 0.979. The Hall–Kier alpha value is -2.32. The van der Waals surface area contributed by atoms with Crippen molar-refractivity contribution in [2.75, 3.05) is 0 Å². The van der Waals surface area contributed by atoms with Crippen molar-refractivity contribution in [1.29, 1.82) is 0 Å². The van der Waals surface area contributed by atoms with E-state index in [4.69, 9.17) is 0 Å². The summed E-state index contributed by atoms with van der Waals surface area (Å²) in [6, 6.07) is 29.1. The Labute approximate surface area is 135 Å². The smallest absolute Gasteiger partial charge is 0.0630 e. The van der Waals surface area contributed by atoms with Crippen molar-refractivity contribution >= 4 is 23.7 Å². The van der Waals surface area contributed by atoms with Crippen molar-refractivity contribution in [3.63, 3.8) is 0 Å². The lowest BCUT2D eigenvalue weighted by molar-refractivity contribution is 1.37. The van der Waals surface area contributed by atoms with E-state index in [9.17, 15) is 0 Å². The molecule has 0 amide bonds. The zero-order chi connectivity index (χ0) is 15.0. The molecule has 0 aliphatic rings. The van der Waals surface area contributed by atoms with Gasteiger partial charge in [-0.3, -0.25) is 4.99 Å². The van der Waals surface area contributed by atoms with Gasteiger partial charge in [-0.25, -0.2) is 0 Å². The van der Waals surface area contributed by atoms with E-state index in [0.717, 1.165) is 17.0 Å². The van der Waals surface area contributed by atoms with Gasteiger partial charge in [0, 0.05) is 16.9 Å². The van der Waals surface area contributed by atoms with Crippen LogP contribution in [0, 0.1) is 0 Å². The van der Waals surface area contributed by atoms with E-state index in [2.05, 4.69) is 53.5 Å². The number of nitrogens with zero attached hydrogens (tertiary/aromatic N) is 1. The van der Waals surface area contributed by atoms with Gasteiger partial charge >= 0.3 is 0 Å². The van der Waals surface area contributed by atoms with E-state index in [1.165, 1.54) is 10.5 Å². The number of aliphatic imine (C=N–C) groups is 1. The minimum absolute atomic E-state index is 0.979. The molecule has 3 aromatic carbocycles. The highest BCUT2D eigenvalue weighted by Crippen LogP contribution is 2.23. The third kappa shape index (κ3) is 4.34. The fraction of sp³-hybridized carbons (Fsp3) is 0.0500. The zero-order valence-corrected chi connectivity index (χ0v) is 13.0. The van der Waals surface area contributed by atoms with E-state index in [0.29, 0.717) is 0 Å². The number of hydrogen-bond donors (Lipinski definition) is 0. The van der Waals surface area contributed by atoms with Crippen molar-refractivity contribution in [2.45, 2.75) is 10.6 Å². The molecule has 1 nitrogen and oxygen atoms in total. The first-order chi connectivity index (χ1) is 10.9. The molecule has 0 atom stereocenters. The lowest BCUT2D eigenvalue weighted by Crippen LogP contribution is -1.81. The fourth-order valence-corrected chi connectivity index (χ4v) is 2.93. The van der Waals surface area contributed by atoms with Crippen LogP contribution < -0.4 is 0 Å². The van der Waals surface area contributed by atoms with E-state index >= 15 is 0 Å². The topological polar surface area (TPSA) is 12.4 Å². The summed E-state index contributed by atoms with van der Waals surface area (Å²) in [6.07, 6.45) is 1.90. The molecule has 0 aromatic heterocycles. The maximum atomic E-state index is 4.50. The molecule has 22 heavy (non-hydrogen) atoms. The summed E-state index contributed by atoms with van der Waals surface area (Å²) in [4.78, 5) is 5.80. The first-order valence-corrected chi connectivity index (χ1v) is 8.25. The molecular weight excluding hydrogens is 286 g/mol. The third-order valence-electron chi connectivity index (χ3n) is 3.25. The van der Waals surface area contributed by atoms with E-state index in [1.807, 2.05) is 54.4 Å². The average molecular weight is 303 g/mol. The van der Waals surface area contributed by atoms with Crippen LogP contribution in [0.5, 0.6) is 0 Å². The molecule has 0 saturated carbocycles. The average Bonchev–Trinajstić information content (AvgIpc) is 2.61. The summed E-state index contributed by atoms with van der Waals surface area (Å²) in [5.41, 5.74) is 3.41. The Morgan fingerprint density at radius 2 is 1.36 bits per heavy atom. The van der Waals surface area contributed by atoms with Gasteiger partial charge in [-0.2, -0.15) is 0 Å². The Bertz CT molecular complexity index is 719. The van der Waals surface area contributed by atoms with Crippen molar-refractivity contribution in [2.24, 2.45) is 4.99 Å². The van der Waals surface area contributed by atoms with Gasteiger partial charge in [0.2, 0.25) is 0 Å². The van der Waals surface area contributed by atoms with E-state index < -0.39 is 0 Å². The van der Waals surface area contributed by atoms with Crippen LogP contribution in [-0.2, 0) is 5.75 Å². The SMILES string of the molecule is C(=Nc1ccc(CSc2ccccc2)cc1)c1ccccc1. The van der Waals surface area contributed by atoms with Crippen LogP contribution in [0.2, 0.25) is 0 Å². The molecule has 0 aliphatic carbocycles. The molecule has 0 N–H and O–H groups in total. The van der Waals surface area contributed by atoms with Crippen molar-refractivity contribution in [3.05, 3.63) is 96.1 Å². The molecule has 0 unspecified atom stereocenters. The van der Waals surface area contributed by atoms with E-state index in [-0.39, 0.29) is 0 Å². The standard InChI is InChI=1S/C20H17NS/c1-3-7-17(8-4-1)15-21-19-13-11-18(12-14-19)16-22-20-9-5-2-6-10-20/h1-15H,16H2. The molecule has 0 fully saturated rings. The summed E-state index contributed by atoms with van der Waals surface area (Å²) < 4.78 is 0. The van der Waals surface area contributed by atoms with Crippen LogP contribution in [0.4, 0.5) is 5.69 Å². The van der Waals surface area contributed by atoms with Gasteiger partial charge in [-0.05, 0) is 35.4 Å². The predicted octanol–water partition coefficient (Wildman–Crippen LogP) is 5.73. The number of thioether (sulfide) groups is 1. The molecule has 0 radical (unpaired) electrons. The van der Waals surface area contributed by atoms with Gasteiger partial charge in [0.25, 0.3) is 0 Å². The molecule has 0 spiro atoms.